The summed E-state index contributed by atoms with van der Waals surface area (Å²) in [5.41, 5.74) is 13.5. The Bertz CT molecular complexity index is 511. The van der Waals surface area contributed by atoms with E-state index in [0.717, 1.165) is 18.8 Å². The normalized spacial score (nSPS) is 22.3. The van der Waals surface area contributed by atoms with Gasteiger partial charge in [0.25, 0.3) is 5.91 Å². The predicted molar refractivity (Wildman–Crippen MR) is 92.6 cm³/mol. The monoisotopic (exact) mass is 303 g/mol. The molecule has 0 atom stereocenters. The lowest BCUT2D eigenvalue weighted by atomic mass is 9.69. The molecule has 1 saturated carbocycles. The van der Waals surface area contributed by atoms with Gasteiger partial charge < -0.3 is 16.8 Å². The van der Waals surface area contributed by atoms with Crippen LogP contribution < -0.4 is 16.8 Å². The number of nitrogens with two attached hydrogens (primary N) is 2. The molecule has 0 spiro atoms. The van der Waals surface area contributed by atoms with Gasteiger partial charge in [-0.1, -0.05) is 27.2 Å². The molecule has 0 aliphatic heterocycles. The summed E-state index contributed by atoms with van der Waals surface area (Å²) in [5, 5.41) is 3.13. The minimum Gasteiger partial charge on any atom is -0.399 e. The van der Waals surface area contributed by atoms with Gasteiger partial charge in [0.2, 0.25) is 0 Å². The van der Waals surface area contributed by atoms with Crippen molar-refractivity contribution in [3.05, 3.63) is 23.8 Å². The number of hydrogen-bond acceptors (Lipinski definition) is 3. The van der Waals surface area contributed by atoms with Crippen LogP contribution in [-0.4, -0.2) is 11.9 Å². The number of carbonyl (C=O) groups is 1. The van der Waals surface area contributed by atoms with Crippen LogP contribution in [0.25, 0.3) is 0 Å². The van der Waals surface area contributed by atoms with E-state index >= 15 is 0 Å². The number of hydrogen-bond donors (Lipinski definition) is 3. The molecule has 0 heterocycles. The van der Waals surface area contributed by atoms with Crippen LogP contribution in [0.15, 0.2) is 18.2 Å². The van der Waals surface area contributed by atoms with E-state index in [1.807, 2.05) is 0 Å². The summed E-state index contributed by atoms with van der Waals surface area (Å²) in [7, 11) is 0. The second kappa shape index (κ2) is 6.59. The molecule has 4 nitrogen and oxygen atoms in total. The van der Waals surface area contributed by atoms with Crippen molar-refractivity contribution in [3.63, 3.8) is 0 Å². The predicted octanol–water partition coefficient (Wildman–Crippen LogP) is 3.58. The Morgan fingerprint density at radius 1 is 1.14 bits per heavy atom. The summed E-state index contributed by atoms with van der Waals surface area (Å²) in [6.07, 6.45) is 5.68. The molecule has 1 fully saturated rings. The highest BCUT2D eigenvalue weighted by atomic mass is 16.1. The van der Waals surface area contributed by atoms with Crippen molar-refractivity contribution in [1.29, 1.82) is 0 Å². The van der Waals surface area contributed by atoms with Crippen molar-refractivity contribution in [2.24, 2.45) is 11.3 Å². The third-order valence-electron chi connectivity index (χ3n) is 5.32. The lowest BCUT2D eigenvalue weighted by molar-refractivity contribution is 0.0893. The van der Waals surface area contributed by atoms with E-state index in [2.05, 4.69) is 26.1 Å². The standard InChI is InChI=1S/C18H29N3O/c1-4-18(2,3)13-5-7-16(8-6-13)21-17(22)12-9-14(19)11-15(20)10-12/h9-11,13,16H,4-8,19-20H2,1-3H3,(H,21,22)/t13-,16+. The molecular weight excluding hydrogens is 274 g/mol. The van der Waals surface area contributed by atoms with Crippen LogP contribution in [-0.2, 0) is 0 Å². The Labute approximate surface area is 133 Å². The van der Waals surface area contributed by atoms with E-state index in [1.165, 1.54) is 19.3 Å². The number of benzene rings is 1. The first-order chi connectivity index (χ1) is 10.3. The van der Waals surface area contributed by atoms with Gasteiger partial charge in [-0.05, 0) is 55.2 Å². The first kappa shape index (κ1) is 16.7. The van der Waals surface area contributed by atoms with Gasteiger partial charge in [-0.3, -0.25) is 4.79 Å². The summed E-state index contributed by atoms with van der Waals surface area (Å²) in [6.45, 7) is 6.97. The van der Waals surface area contributed by atoms with Crippen LogP contribution in [0.2, 0.25) is 0 Å². The maximum atomic E-state index is 12.3. The summed E-state index contributed by atoms with van der Waals surface area (Å²) < 4.78 is 0. The molecule has 1 aromatic rings. The van der Waals surface area contributed by atoms with E-state index in [4.69, 9.17) is 11.5 Å². The molecule has 0 bridgehead atoms. The van der Waals surface area contributed by atoms with Gasteiger partial charge in [0.05, 0.1) is 0 Å². The summed E-state index contributed by atoms with van der Waals surface area (Å²) in [6, 6.07) is 5.28. The summed E-state index contributed by atoms with van der Waals surface area (Å²) >= 11 is 0. The first-order valence-electron chi connectivity index (χ1n) is 8.28. The minimum absolute atomic E-state index is 0.0720. The van der Waals surface area contributed by atoms with Crippen LogP contribution in [0.5, 0.6) is 0 Å². The fourth-order valence-corrected chi connectivity index (χ4v) is 3.38. The SMILES string of the molecule is CCC(C)(C)[C@H]1CC[C@@H](NC(=O)c2cc(N)cc(N)c2)CC1. The molecule has 0 radical (unpaired) electrons. The topological polar surface area (TPSA) is 81.1 Å². The molecule has 4 heteroatoms. The molecule has 122 valence electrons. The van der Waals surface area contributed by atoms with E-state index in [1.54, 1.807) is 18.2 Å². The fraction of sp³-hybridized carbons (Fsp3) is 0.611. The van der Waals surface area contributed by atoms with Crippen molar-refractivity contribution in [1.82, 2.24) is 5.32 Å². The molecule has 0 saturated heterocycles. The number of carbonyl (C=O) groups excluding carboxylic acids is 1. The largest absolute Gasteiger partial charge is 0.399 e. The third kappa shape index (κ3) is 3.93. The highest BCUT2D eigenvalue weighted by Gasteiger charge is 2.32. The Balaban J connectivity index is 1.92. The van der Waals surface area contributed by atoms with Gasteiger partial charge in [0.1, 0.15) is 0 Å². The lowest BCUT2D eigenvalue weighted by Crippen LogP contribution is -2.39. The first-order valence-corrected chi connectivity index (χ1v) is 8.28. The molecule has 1 aliphatic carbocycles. The Morgan fingerprint density at radius 3 is 2.18 bits per heavy atom. The molecule has 0 unspecified atom stereocenters. The highest BCUT2D eigenvalue weighted by Crippen LogP contribution is 2.40. The maximum absolute atomic E-state index is 12.3. The summed E-state index contributed by atoms with van der Waals surface area (Å²) in [4.78, 5) is 12.3. The fourth-order valence-electron chi connectivity index (χ4n) is 3.38. The molecule has 2 rings (SSSR count). The molecule has 5 N–H and O–H groups in total. The number of anilines is 2. The van der Waals surface area contributed by atoms with Crippen molar-refractivity contribution in [2.45, 2.75) is 58.9 Å². The second-order valence-electron chi connectivity index (χ2n) is 7.25. The summed E-state index contributed by atoms with van der Waals surface area (Å²) in [5.74, 6) is 0.686. The van der Waals surface area contributed by atoms with E-state index in [0.29, 0.717) is 22.4 Å². The van der Waals surface area contributed by atoms with Crippen LogP contribution in [0, 0.1) is 11.3 Å². The molecule has 22 heavy (non-hydrogen) atoms. The lowest BCUT2D eigenvalue weighted by Gasteiger charge is -2.39. The zero-order valence-electron chi connectivity index (χ0n) is 14.0. The molecular formula is C18H29N3O. The minimum atomic E-state index is -0.0720. The number of nitrogens with one attached hydrogen (secondary N) is 1. The smallest absolute Gasteiger partial charge is 0.251 e. The number of rotatable bonds is 4. The average Bonchev–Trinajstić information content (AvgIpc) is 2.46. The van der Waals surface area contributed by atoms with Gasteiger partial charge in [0.15, 0.2) is 0 Å². The van der Waals surface area contributed by atoms with Gasteiger partial charge in [0, 0.05) is 23.0 Å². The molecule has 1 aliphatic rings. The van der Waals surface area contributed by atoms with Crippen LogP contribution >= 0.6 is 0 Å². The van der Waals surface area contributed by atoms with Crippen molar-refractivity contribution in [3.8, 4) is 0 Å². The average molecular weight is 303 g/mol. The Morgan fingerprint density at radius 2 is 1.68 bits per heavy atom. The quantitative estimate of drug-likeness (QED) is 0.744. The van der Waals surface area contributed by atoms with Crippen LogP contribution in [0.3, 0.4) is 0 Å². The number of nitrogen functional groups attached to an aromatic ring is 2. The third-order valence-corrected chi connectivity index (χ3v) is 5.32. The number of amides is 1. The molecule has 1 aromatic carbocycles. The van der Waals surface area contributed by atoms with E-state index < -0.39 is 0 Å². The van der Waals surface area contributed by atoms with Gasteiger partial charge in [-0.25, -0.2) is 0 Å². The van der Waals surface area contributed by atoms with Crippen LogP contribution in [0.4, 0.5) is 11.4 Å². The van der Waals surface area contributed by atoms with Crippen molar-refractivity contribution < 1.29 is 4.79 Å². The maximum Gasteiger partial charge on any atom is 0.251 e. The van der Waals surface area contributed by atoms with Gasteiger partial charge in [-0.15, -0.1) is 0 Å². The van der Waals surface area contributed by atoms with Crippen molar-refractivity contribution in [2.75, 3.05) is 11.5 Å². The van der Waals surface area contributed by atoms with Crippen LogP contribution in [0.1, 0.15) is 63.2 Å². The Hall–Kier alpha value is -1.71. The van der Waals surface area contributed by atoms with E-state index in [9.17, 15) is 4.79 Å². The zero-order chi connectivity index (χ0) is 16.3. The molecule has 1 amide bonds. The second-order valence-corrected chi connectivity index (χ2v) is 7.25. The van der Waals surface area contributed by atoms with Crippen molar-refractivity contribution >= 4 is 17.3 Å². The van der Waals surface area contributed by atoms with Gasteiger partial charge in [-0.2, -0.15) is 0 Å². The van der Waals surface area contributed by atoms with Gasteiger partial charge >= 0.3 is 0 Å². The highest BCUT2D eigenvalue weighted by molar-refractivity contribution is 5.96. The molecule has 0 aromatic heterocycles. The van der Waals surface area contributed by atoms with E-state index in [-0.39, 0.29) is 11.9 Å². The Kier molecular flexibility index (Phi) is 4.99. The zero-order valence-corrected chi connectivity index (χ0v) is 14.0.